The highest BCUT2D eigenvalue weighted by Gasteiger charge is 2.30. The van der Waals surface area contributed by atoms with Gasteiger partial charge < -0.3 is 15.2 Å². The Morgan fingerprint density at radius 1 is 1.50 bits per heavy atom. The average Bonchev–Trinajstić information content (AvgIpc) is 2.98. The minimum Gasteiger partial charge on any atom is -0.477 e. The molecule has 1 aliphatic carbocycles. The lowest BCUT2D eigenvalue weighted by Crippen LogP contribution is -2.30. The Kier molecular flexibility index (Phi) is 6.19. The molecule has 0 spiro atoms. The third-order valence-electron chi connectivity index (χ3n) is 4.68. The monoisotopic (exact) mass is 450 g/mol. The Morgan fingerprint density at radius 2 is 2.29 bits per heavy atom. The van der Waals surface area contributed by atoms with Crippen LogP contribution in [0.3, 0.4) is 0 Å². The van der Waals surface area contributed by atoms with Crippen molar-refractivity contribution >= 4 is 22.0 Å². The molecule has 1 fully saturated rings. The molecule has 2 N–H and O–H groups in total. The van der Waals surface area contributed by atoms with Gasteiger partial charge in [-0.3, -0.25) is 0 Å². The molecule has 0 aliphatic heterocycles. The van der Waals surface area contributed by atoms with Gasteiger partial charge in [0.15, 0.2) is 0 Å². The lowest BCUT2D eigenvalue weighted by molar-refractivity contribution is 0.0640. The van der Waals surface area contributed by atoms with Crippen LogP contribution >= 0.6 is 15.9 Å². The van der Waals surface area contributed by atoms with E-state index in [-0.39, 0.29) is 17.7 Å². The molecule has 2 unspecified atom stereocenters. The van der Waals surface area contributed by atoms with Gasteiger partial charge in [-0.2, -0.15) is 10.4 Å². The number of carbonyl (C=O) groups excluding carboxylic acids is 1. The van der Waals surface area contributed by atoms with Crippen LogP contribution in [0.5, 0.6) is 5.88 Å². The first-order valence-corrected chi connectivity index (χ1v) is 9.80. The van der Waals surface area contributed by atoms with Crippen LogP contribution in [0, 0.1) is 17.1 Å². The molecule has 0 radical (unpaired) electrons. The number of amides is 1. The fraction of sp³-hybridized carbons (Fsp3) is 0.421. The van der Waals surface area contributed by atoms with Crippen molar-refractivity contribution in [2.24, 2.45) is 5.73 Å². The lowest BCUT2D eigenvalue weighted by Gasteiger charge is -2.29. The molecule has 1 aromatic heterocycles. The van der Waals surface area contributed by atoms with Gasteiger partial charge in [-0.05, 0) is 54.2 Å². The fourth-order valence-corrected chi connectivity index (χ4v) is 4.07. The zero-order valence-electron chi connectivity index (χ0n) is 15.3. The molecule has 2 atom stereocenters. The molecule has 9 heteroatoms. The largest absolute Gasteiger partial charge is 0.477 e. The molecular weight excluding hydrogens is 431 g/mol. The van der Waals surface area contributed by atoms with Crippen LogP contribution in [0.15, 0.2) is 22.7 Å². The highest BCUT2D eigenvalue weighted by atomic mass is 79.9. The van der Waals surface area contributed by atoms with E-state index in [2.05, 4.69) is 21.0 Å². The molecule has 1 heterocycles. The molecule has 2 aromatic rings. The van der Waals surface area contributed by atoms with Gasteiger partial charge in [-0.1, -0.05) is 6.07 Å². The van der Waals surface area contributed by atoms with E-state index in [0.29, 0.717) is 34.6 Å². The molecule has 3 rings (SSSR count). The minimum absolute atomic E-state index is 0.0249. The van der Waals surface area contributed by atoms with Gasteiger partial charge >= 0.3 is 6.09 Å². The number of aromatic nitrogens is 2. The predicted molar refractivity (Wildman–Crippen MR) is 103 cm³/mol. The summed E-state index contributed by atoms with van der Waals surface area (Å²) in [4.78, 5) is 11.1. The van der Waals surface area contributed by atoms with Crippen LogP contribution in [0.1, 0.15) is 44.2 Å². The summed E-state index contributed by atoms with van der Waals surface area (Å²) in [6.45, 7) is 2.30. The van der Waals surface area contributed by atoms with Crippen molar-refractivity contribution < 1.29 is 18.7 Å². The first-order chi connectivity index (χ1) is 13.4. The highest BCUT2D eigenvalue weighted by molar-refractivity contribution is 9.10. The maximum absolute atomic E-state index is 14.1. The maximum atomic E-state index is 14.1. The van der Waals surface area contributed by atoms with E-state index in [1.165, 1.54) is 12.1 Å². The summed E-state index contributed by atoms with van der Waals surface area (Å²) < 4.78 is 27.4. The number of halogens is 2. The second-order valence-electron chi connectivity index (χ2n) is 6.53. The number of rotatable bonds is 5. The molecule has 148 valence electrons. The predicted octanol–water partition coefficient (Wildman–Crippen LogP) is 4.30. The molecule has 1 aliphatic rings. The summed E-state index contributed by atoms with van der Waals surface area (Å²) >= 11 is 3.52. The van der Waals surface area contributed by atoms with E-state index < -0.39 is 11.9 Å². The van der Waals surface area contributed by atoms with Gasteiger partial charge in [-0.15, -0.1) is 0 Å². The van der Waals surface area contributed by atoms with Crippen molar-refractivity contribution in [1.29, 1.82) is 5.26 Å². The van der Waals surface area contributed by atoms with Crippen LogP contribution in [-0.4, -0.2) is 28.6 Å². The van der Waals surface area contributed by atoms with Gasteiger partial charge in [0.25, 0.3) is 0 Å². The Morgan fingerprint density at radius 3 is 2.93 bits per heavy atom. The Balaban J connectivity index is 1.98. The quantitative estimate of drug-likeness (QED) is 0.730. The zero-order valence-corrected chi connectivity index (χ0v) is 16.9. The molecule has 1 saturated carbocycles. The number of carbonyl (C=O) groups is 1. The summed E-state index contributed by atoms with van der Waals surface area (Å²) in [5.41, 5.74) is 6.18. The van der Waals surface area contributed by atoms with Gasteiger partial charge in [0.2, 0.25) is 5.88 Å². The third kappa shape index (κ3) is 4.12. The maximum Gasteiger partial charge on any atom is 0.404 e. The van der Waals surface area contributed by atoms with Crippen LogP contribution < -0.4 is 10.5 Å². The molecule has 28 heavy (non-hydrogen) atoms. The van der Waals surface area contributed by atoms with Gasteiger partial charge in [0, 0.05) is 12.0 Å². The fourth-order valence-electron chi connectivity index (χ4n) is 3.46. The number of nitrogens with two attached hydrogens (primary N) is 1. The summed E-state index contributed by atoms with van der Waals surface area (Å²) in [6.07, 6.45) is 1.95. The molecule has 7 nitrogen and oxygen atoms in total. The SMILES string of the molecule is CCOc1c(Br)c(-c2ccc(C#N)c(F)c2)nn1C1CCCC(OC(N)=O)C1. The van der Waals surface area contributed by atoms with Crippen molar-refractivity contribution in [1.82, 2.24) is 9.78 Å². The first-order valence-electron chi connectivity index (χ1n) is 9.01. The number of nitriles is 1. The van der Waals surface area contributed by atoms with Crippen LogP contribution in [0.4, 0.5) is 9.18 Å². The van der Waals surface area contributed by atoms with E-state index in [1.807, 2.05) is 13.0 Å². The Labute approximate surface area is 170 Å². The van der Waals surface area contributed by atoms with E-state index >= 15 is 0 Å². The number of benzene rings is 1. The number of hydrogen-bond acceptors (Lipinski definition) is 5. The van der Waals surface area contributed by atoms with Gasteiger partial charge in [0.05, 0.1) is 18.2 Å². The van der Waals surface area contributed by atoms with E-state index in [4.69, 9.17) is 20.5 Å². The summed E-state index contributed by atoms with van der Waals surface area (Å²) in [5.74, 6) is -0.0704. The highest BCUT2D eigenvalue weighted by Crippen LogP contribution is 2.41. The standard InChI is InChI=1S/C19H20BrFN4O3/c1-2-27-18-16(20)17(11-6-7-12(10-22)15(21)8-11)24-25(18)13-4-3-5-14(9-13)28-19(23)26/h6-8,13-14H,2-5,9H2,1H3,(H2,23,26). The summed E-state index contributed by atoms with van der Waals surface area (Å²) in [6, 6.07) is 6.12. The van der Waals surface area contributed by atoms with Gasteiger partial charge in [-0.25, -0.2) is 13.9 Å². The second kappa shape index (κ2) is 8.61. The van der Waals surface area contributed by atoms with Crippen LogP contribution in [0.25, 0.3) is 11.3 Å². The Hall–Kier alpha value is -2.60. The molecule has 1 aromatic carbocycles. The molecular formula is C19H20BrFN4O3. The van der Waals surface area contributed by atoms with Crippen molar-refractivity contribution in [3.8, 4) is 23.2 Å². The Bertz CT molecular complexity index is 925. The zero-order chi connectivity index (χ0) is 20.3. The van der Waals surface area contributed by atoms with E-state index in [0.717, 1.165) is 19.3 Å². The normalized spacial score (nSPS) is 19.1. The van der Waals surface area contributed by atoms with Crippen molar-refractivity contribution in [2.75, 3.05) is 6.61 Å². The topological polar surface area (TPSA) is 103 Å². The number of ether oxygens (including phenoxy) is 2. The summed E-state index contributed by atoms with van der Waals surface area (Å²) in [7, 11) is 0. The second-order valence-corrected chi connectivity index (χ2v) is 7.32. The first kappa shape index (κ1) is 20.1. The lowest BCUT2D eigenvalue weighted by atomic mass is 9.93. The van der Waals surface area contributed by atoms with Gasteiger partial charge in [0.1, 0.15) is 28.2 Å². The number of hydrogen-bond donors (Lipinski definition) is 1. The smallest absolute Gasteiger partial charge is 0.404 e. The average molecular weight is 451 g/mol. The molecule has 1 amide bonds. The molecule has 0 bridgehead atoms. The van der Waals surface area contributed by atoms with Crippen molar-refractivity contribution in [2.45, 2.75) is 44.8 Å². The van der Waals surface area contributed by atoms with E-state index in [1.54, 1.807) is 10.7 Å². The van der Waals surface area contributed by atoms with Crippen molar-refractivity contribution in [3.05, 3.63) is 34.1 Å². The van der Waals surface area contributed by atoms with Crippen molar-refractivity contribution in [3.63, 3.8) is 0 Å². The van der Waals surface area contributed by atoms with Crippen LogP contribution in [-0.2, 0) is 4.74 Å². The minimum atomic E-state index is -0.786. The van der Waals surface area contributed by atoms with E-state index in [9.17, 15) is 9.18 Å². The third-order valence-corrected chi connectivity index (χ3v) is 5.40. The number of primary amides is 1. The summed E-state index contributed by atoms with van der Waals surface area (Å²) in [5, 5.41) is 13.6. The number of nitrogens with zero attached hydrogens (tertiary/aromatic N) is 3. The molecule has 0 saturated heterocycles. The van der Waals surface area contributed by atoms with Crippen LogP contribution in [0.2, 0.25) is 0 Å².